The number of imidazole rings is 1. The number of benzene rings is 1. The second kappa shape index (κ2) is 7.24. The van der Waals surface area contributed by atoms with E-state index in [1.54, 1.807) is 0 Å². The molecule has 2 fully saturated rings. The molecule has 1 aliphatic heterocycles. The Labute approximate surface area is 176 Å². The molecule has 0 amide bonds. The van der Waals surface area contributed by atoms with Gasteiger partial charge in [-0.15, -0.1) is 0 Å². The highest BCUT2D eigenvalue weighted by molar-refractivity contribution is 5.94. The maximum Gasteiger partial charge on any atom is 0.158 e. The number of rotatable bonds is 3. The summed E-state index contributed by atoms with van der Waals surface area (Å²) in [6.07, 6.45) is 9.03. The van der Waals surface area contributed by atoms with Gasteiger partial charge in [0, 0.05) is 41.4 Å². The molecule has 5 heteroatoms. The lowest BCUT2D eigenvalue weighted by Crippen LogP contribution is -2.41. The summed E-state index contributed by atoms with van der Waals surface area (Å²) >= 11 is 0. The molecule has 4 heterocycles. The van der Waals surface area contributed by atoms with Gasteiger partial charge in [0.2, 0.25) is 0 Å². The number of likely N-dealkylation sites (tertiary alicyclic amines) is 1. The molecule has 1 saturated heterocycles. The van der Waals surface area contributed by atoms with Crippen LogP contribution in [0.1, 0.15) is 43.5 Å². The van der Waals surface area contributed by atoms with E-state index in [0.717, 1.165) is 46.6 Å². The monoisotopic (exact) mass is 399 g/mol. The number of aryl methyl sites for hydroxylation is 1. The average molecular weight is 400 g/mol. The van der Waals surface area contributed by atoms with Crippen LogP contribution < -0.4 is 0 Å². The van der Waals surface area contributed by atoms with Crippen molar-refractivity contribution < 1.29 is 0 Å². The van der Waals surface area contributed by atoms with Gasteiger partial charge < -0.3 is 9.97 Å². The molecule has 0 spiro atoms. The number of hydrogen-bond donors (Lipinski definition) is 2. The van der Waals surface area contributed by atoms with E-state index in [0.29, 0.717) is 0 Å². The van der Waals surface area contributed by atoms with Crippen molar-refractivity contribution in [1.82, 2.24) is 24.8 Å². The van der Waals surface area contributed by atoms with Crippen molar-refractivity contribution in [2.45, 2.75) is 45.6 Å². The summed E-state index contributed by atoms with van der Waals surface area (Å²) < 4.78 is 0. The Balaban J connectivity index is 1.26. The predicted octanol–water partition coefficient (Wildman–Crippen LogP) is 5.43. The number of aromatic amines is 2. The molecule has 154 valence electrons. The van der Waals surface area contributed by atoms with E-state index in [2.05, 4.69) is 49.1 Å². The third-order valence-electron chi connectivity index (χ3n) is 7.26. The summed E-state index contributed by atoms with van der Waals surface area (Å²) in [5.41, 5.74) is 6.56. The highest BCUT2D eigenvalue weighted by atomic mass is 15.1. The Morgan fingerprint density at radius 1 is 1.03 bits per heavy atom. The fourth-order valence-corrected chi connectivity index (χ4v) is 5.75. The summed E-state index contributed by atoms with van der Waals surface area (Å²) in [6.45, 7) is 5.58. The lowest BCUT2D eigenvalue weighted by atomic mass is 9.75. The second-order valence-electron chi connectivity index (χ2n) is 9.31. The van der Waals surface area contributed by atoms with E-state index in [9.17, 15) is 0 Å². The number of H-pyrrole nitrogens is 2. The summed E-state index contributed by atoms with van der Waals surface area (Å²) in [5.74, 6) is 2.82. The number of pyridine rings is 1. The van der Waals surface area contributed by atoms with E-state index in [1.807, 2.05) is 19.2 Å². The molecule has 0 radical (unpaired) electrons. The molecule has 5 nitrogen and oxygen atoms in total. The summed E-state index contributed by atoms with van der Waals surface area (Å²) in [5, 5.41) is 1.27. The Morgan fingerprint density at radius 3 is 2.87 bits per heavy atom. The SMILES string of the molecule is Cc1nc2c(-c3cc4cc(CN5CCC6CCCC[C@H]6C5)ccc4[nH]3)ccnc2[nH]1. The van der Waals surface area contributed by atoms with Gasteiger partial charge in [0.1, 0.15) is 11.3 Å². The topological polar surface area (TPSA) is 60.6 Å². The first kappa shape index (κ1) is 18.1. The van der Waals surface area contributed by atoms with E-state index < -0.39 is 0 Å². The van der Waals surface area contributed by atoms with Crippen molar-refractivity contribution >= 4 is 22.1 Å². The molecule has 3 aromatic heterocycles. The number of aromatic nitrogens is 4. The molecule has 1 saturated carbocycles. The van der Waals surface area contributed by atoms with Gasteiger partial charge in [0.25, 0.3) is 0 Å². The van der Waals surface area contributed by atoms with Gasteiger partial charge in [0.05, 0.1) is 0 Å². The predicted molar refractivity (Wildman–Crippen MR) is 121 cm³/mol. The highest BCUT2D eigenvalue weighted by Crippen LogP contribution is 2.36. The minimum absolute atomic E-state index is 0.843. The fourth-order valence-electron chi connectivity index (χ4n) is 5.75. The van der Waals surface area contributed by atoms with Crippen LogP contribution in [0.4, 0.5) is 0 Å². The van der Waals surface area contributed by atoms with Crippen LogP contribution in [0.15, 0.2) is 36.5 Å². The summed E-state index contributed by atoms with van der Waals surface area (Å²) in [4.78, 5) is 18.6. The Hall–Kier alpha value is -2.66. The molecule has 0 bridgehead atoms. The maximum atomic E-state index is 4.64. The molecule has 1 aromatic carbocycles. The lowest BCUT2D eigenvalue weighted by molar-refractivity contribution is 0.0821. The van der Waals surface area contributed by atoms with Gasteiger partial charge in [0.15, 0.2) is 5.65 Å². The molecule has 6 rings (SSSR count). The van der Waals surface area contributed by atoms with Gasteiger partial charge in [-0.05, 0) is 68.0 Å². The van der Waals surface area contributed by atoms with Crippen molar-refractivity contribution in [1.29, 1.82) is 0 Å². The van der Waals surface area contributed by atoms with Crippen LogP contribution in [0.25, 0.3) is 33.3 Å². The third kappa shape index (κ3) is 3.21. The van der Waals surface area contributed by atoms with Crippen molar-refractivity contribution in [3.05, 3.63) is 47.9 Å². The zero-order valence-electron chi connectivity index (χ0n) is 17.6. The zero-order chi connectivity index (χ0) is 20.1. The van der Waals surface area contributed by atoms with Gasteiger partial charge in [-0.3, -0.25) is 4.90 Å². The van der Waals surface area contributed by atoms with Crippen molar-refractivity contribution in [2.24, 2.45) is 11.8 Å². The van der Waals surface area contributed by atoms with Gasteiger partial charge in [-0.2, -0.15) is 0 Å². The molecule has 4 aromatic rings. The molecule has 2 aliphatic rings. The Kier molecular flexibility index (Phi) is 4.38. The van der Waals surface area contributed by atoms with E-state index in [-0.39, 0.29) is 0 Å². The average Bonchev–Trinajstić information content (AvgIpc) is 3.35. The number of piperidine rings is 1. The minimum Gasteiger partial charge on any atom is -0.354 e. The van der Waals surface area contributed by atoms with Crippen molar-refractivity contribution in [3.63, 3.8) is 0 Å². The number of fused-ring (bicyclic) bond motifs is 3. The Morgan fingerprint density at radius 2 is 1.93 bits per heavy atom. The number of hydrogen-bond acceptors (Lipinski definition) is 3. The first-order valence-corrected chi connectivity index (χ1v) is 11.4. The Bertz CT molecular complexity index is 1200. The molecule has 1 aliphatic carbocycles. The number of nitrogens with one attached hydrogen (secondary N) is 2. The van der Waals surface area contributed by atoms with Crippen LogP contribution in [0.3, 0.4) is 0 Å². The molecule has 1 unspecified atom stereocenters. The second-order valence-corrected chi connectivity index (χ2v) is 9.31. The molecular formula is C25H29N5. The van der Waals surface area contributed by atoms with Crippen LogP contribution in [0.2, 0.25) is 0 Å². The van der Waals surface area contributed by atoms with Crippen LogP contribution in [0.5, 0.6) is 0 Å². The van der Waals surface area contributed by atoms with Gasteiger partial charge >= 0.3 is 0 Å². The third-order valence-corrected chi connectivity index (χ3v) is 7.26. The van der Waals surface area contributed by atoms with Crippen molar-refractivity contribution in [2.75, 3.05) is 13.1 Å². The van der Waals surface area contributed by atoms with Crippen LogP contribution in [-0.4, -0.2) is 37.9 Å². The largest absolute Gasteiger partial charge is 0.354 e. The normalized spacial score (nSPS) is 22.6. The lowest BCUT2D eigenvalue weighted by Gasteiger charge is -2.41. The zero-order valence-corrected chi connectivity index (χ0v) is 17.6. The smallest absolute Gasteiger partial charge is 0.158 e. The first-order valence-electron chi connectivity index (χ1n) is 11.4. The standard InChI is InChI=1S/C25H29N5/c1-16-27-24-21(8-10-26-25(24)28-16)23-13-20-12-17(6-7-22(20)29-23)14-30-11-9-18-4-2-3-5-19(18)15-30/h6-8,10,12-13,18-19,29H,2-5,9,11,14-15H2,1H3,(H,26,27,28)/t18?,19-/m0/s1. The minimum atomic E-state index is 0.843. The molecule has 2 atom stereocenters. The van der Waals surface area contributed by atoms with Crippen LogP contribution >= 0.6 is 0 Å². The van der Waals surface area contributed by atoms with Crippen molar-refractivity contribution in [3.8, 4) is 11.3 Å². The molecular weight excluding hydrogens is 370 g/mol. The number of nitrogens with zero attached hydrogens (tertiary/aromatic N) is 3. The van der Waals surface area contributed by atoms with Crippen LogP contribution in [0, 0.1) is 18.8 Å². The van der Waals surface area contributed by atoms with E-state index in [4.69, 9.17) is 0 Å². The summed E-state index contributed by atoms with van der Waals surface area (Å²) in [6, 6.07) is 11.2. The van der Waals surface area contributed by atoms with E-state index >= 15 is 0 Å². The van der Waals surface area contributed by atoms with E-state index in [1.165, 1.54) is 61.7 Å². The van der Waals surface area contributed by atoms with Gasteiger partial charge in [-0.1, -0.05) is 25.3 Å². The quantitative estimate of drug-likeness (QED) is 0.483. The fraction of sp³-hybridized carbons (Fsp3) is 0.440. The van der Waals surface area contributed by atoms with Crippen LogP contribution in [-0.2, 0) is 6.54 Å². The molecule has 2 N–H and O–H groups in total. The summed E-state index contributed by atoms with van der Waals surface area (Å²) in [7, 11) is 0. The first-order chi connectivity index (χ1) is 14.7. The highest BCUT2D eigenvalue weighted by Gasteiger charge is 2.30. The molecule has 30 heavy (non-hydrogen) atoms. The maximum absolute atomic E-state index is 4.64. The van der Waals surface area contributed by atoms with Gasteiger partial charge in [-0.25, -0.2) is 9.97 Å².